The quantitative estimate of drug-likeness (QED) is 0.428. The SMILES string of the molecule is C=CCN(CC)CCCCNCCC. The lowest BCUT2D eigenvalue weighted by Crippen LogP contribution is -2.25. The van der Waals surface area contributed by atoms with Crippen molar-refractivity contribution < 1.29 is 0 Å². The zero-order chi connectivity index (χ0) is 10.6. The van der Waals surface area contributed by atoms with Crippen LogP contribution in [0, 0.1) is 0 Å². The van der Waals surface area contributed by atoms with E-state index < -0.39 is 0 Å². The summed E-state index contributed by atoms with van der Waals surface area (Å²) < 4.78 is 0. The van der Waals surface area contributed by atoms with Gasteiger partial charge >= 0.3 is 0 Å². The topological polar surface area (TPSA) is 15.3 Å². The fourth-order valence-electron chi connectivity index (χ4n) is 1.45. The second-order valence-corrected chi connectivity index (χ2v) is 3.64. The Morgan fingerprint density at radius 3 is 2.57 bits per heavy atom. The molecular formula is C12H26N2. The molecule has 0 saturated heterocycles. The van der Waals surface area contributed by atoms with Crippen molar-refractivity contribution in [1.29, 1.82) is 0 Å². The van der Waals surface area contributed by atoms with Gasteiger partial charge in [-0.3, -0.25) is 4.90 Å². The summed E-state index contributed by atoms with van der Waals surface area (Å²) in [7, 11) is 0. The van der Waals surface area contributed by atoms with E-state index in [1.54, 1.807) is 0 Å². The maximum Gasteiger partial charge on any atom is 0.0160 e. The van der Waals surface area contributed by atoms with E-state index in [4.69, 9.17) is 0 Å². The van der Waals surface area contributed by atoms with Gasteiger partial charge in [0.15, 0.2) is 0 Å². The Morgan fingerprint density at radius 1 is 1.21 bits per heavy atom. The summed E-state index contributed by atoms with van der Waals surface area (Å²) in [5.41, 5.74) is 0. The van der Waals surface area contributed by atoms with E-state index >= 15 is 0 Å². The first-order valence-corrected chi connectivity index (χ1v) is 5.89. The average Bonchev–Trinajstić information content (AvgIpc) is 2.21. The van der Waals surface area contributed by atoms with Crippen LogP contribution in [0.4, 0.5) is 0 Å². The van der Waals surface area contributed by atoms with Crippen LogP contribution in [0.5, 0.6) is 0 Å². The minimum Gasteiger partial charge on any atom is -0.317 e. The first-order valence-electron chi connectivity index (χ1n) is 5.89. The predicted octanol–water partition coefficient (Wildman–Crippen LogP) is 2.27. The van der Waals surface area contributed by atoms with Crippen molar-refractivity contribution in [1.82, 2.24) is 10.2 Å². The van der Waals surface area contributed by atoms with Crippen LogP contribution < -0.4 is 5.32 Å². The number of hydrogen-bond donors (Lipinski definition) is 1. The van der Waals surface area contributed by atoms with Gasteiger partial charge < -0.3 is 5.32 Å². The fraction of sp³-hybridized carbons (Fsp3) is 0.833. The van der Waals surface area contributed by atoms with E-state index in [1.807, 2.05) is 6.08 Å². The van der Waals surface area contributed by atoms with Crippen molar-refractivity contribution in [2.75, 3.05) is 32.7 Å². The summed E-state index contributed by atoms with van der Waals surface area (Å²) in [6.07, 6.45) is 5.79. The number of nitrogens with zero attached hydrogens (tertiary/aromatic N) is 1. The Bertz CT molecular complexity index is 123. The van der Waals surface area contributed by atoms with Gasteiger partial charge in [-0.15, -0.1) is 6.58 Å². The summed E-state index contributed by atoms with van der Waals surface area (Å²) in [6.45, 7) is 13.9. The van der Waals surface area contributed by atoms with Gasteiger partial charge in [0.05, 0.1) is 0 Å². The first kappa shape index (κ1) is 13.7. The Kier molecular flexibility index (Phi) is 10.5. The van der Waals surface area contributed by atoms with Crippen LogP contribution >= 0.6 is 0 Å². The van der Waals surface area contributed by atoms with E-state index in [2.05, 4.69) is 30.6 Å². The molecule has 14 heavy (non-hydrogen) atoms. The van der Waals surface area contributed by atoms with Gasteiger partial charge in [-0.05, 0) is 45.4 Å². The molecule has 0 radical (unpaired) electrons. The van der Waals surface area contributed by atoms with E-state index in [9.17, 15) is 0 Å². The Morgan fingerprint density at radius 2 is 2.00 bits per heavy atom. The number of rotatable bonds is 10. The monoisotopic (exact) mass is 198 g/mol. The van der Waals surface area contributed by atoms with Crippen LogP contribution in [0.1, 0.15) is 33.1 Å². The van der Waals surface area contributed by atoms with Gasteiger partial charge in [-0.25, -0.2) is 0 Å². The molecule has 0 unspecified atom stereocenters. The highest BCUT2D eigenvalue weighted by Gasteiger charge is 1.98. The largest absolute Gasteiger partial charge is 0.317 e. The van der Waals surface area contributed by atoms with Gasteiger partial charge in [0, 0.05) is 6.54 Å². The minimum atomic E-state index is 1.03. The molecular weight excluding hydrogens is 172 g/mol. The normalized spacial score (nSPS) is 10.8. The van der Waals surface area contributed by atoms with E-state index in [1.165, 1.54) is 32.4 Å². The molecule has 1 N–H and O–H groups in total. The molecule has 0 spiro atoms. The van der Waals surface area contributed by atoms with Gasteiger partial charge in [0.2, 0.25) is 0 Å². The van der Waals surface area contributed by atoms with Crippen molar-refractivity contribution in [2.24, 2.45) is 0 Å². The number of hydrogen-bond acceptors (Lipinski definition) is 2. The lowest BCUT2D eigenvalue weighted by atomic mass is 10.3. The number of nitrogens with one attached hydrogen (secondary N) is 1. The molecule has 2 heteroatoms. The van der Waals surface area contributed by atoms with Gasteiger partial charge in [0.25, 0.3) is 0 Å². The third-order valence-corrected chi connectivity index (χ3v) is 2.34. The lowest BCUT2D eigenvalue weighted by molar-refractivity contribution is 0.310. The maximum atomic E-state index is 3.76. The predicted molar refractivity (Wildman–Crippen MR) is 64.7 cm³/mol. The molecule has 0 rings (SSSR count). The molecule has 0 amide bonds. The average molecular weight is 198 g/mol. The maximum absolute atomic E-state index is 3.76. The van der Waals surface area contributed by atoms with Gasteiger partial charge in [-0.2, -0.15) is 0 Å². The van der Waals surface area contributed by atoms with Crippen LogP contribution in [0.2, 0.25) is 0 Å². The molecule has 84 valence electrons. The summed E-state index contributed by atoms with van der Waals surface area (Å²) in [5, 5.41) is 3.42. The lowest BCUT2D eigenvalue weighted by Gasteiger charge is -2.17. The Hall–Kier alpha value is -0.340. The second kappa shape index (κ2) is 10.7. The van der Waals surface area contributed by atoms with Crippen LogP contribution in [0.3, 0.4) is 0 Å². The molecule has 0 aromatic heterocycles. The summed E-state index contributed by atoms with van der Waals surface area (Å²) >= 11 is 0. The fourth-order valence-corrected chi connectivity index (χ4v) is 1.45. The molecule has 0 heterocycles. The highest BCUT2D eigenvalue weighted by Crippen LogP contribution is 1.94. The minimum absolute atomic E-state index is 1.03. The van der Waals surface area contributed by atoms with E-state index in [0.717, 1.165) is 19.6 Å². The first-order chi connectivity index (χ1) is 6.85. The molecule has 0 fully saturated rings. The molecule has 0 aromatic rings. The summed E-state index contributed by atoms with van der Waals surface area (Å²) in [4.78, 5) is 2.42. The molecule has 0 aliphatic rings. The molecule has 0 aliphatic carbocycles. The van der Waals surface area contributed by atoms with Crippen molar-refractivity contribution in [3.8, 4) is 0 Å². The highest BCUT2D eigenvalue weighted by molar-refractivity contribution is 4.72. The van der Waals surface area contributed by atoms with Crippen molar-refractivity contribution in [3.05, 3.63) is 12.7 Å². The van der Waals surface area contributed by atoms with Crippen molar-refractivity contribution >= 4 is 0 Å². The van der Waals surface area contributed by atoms with Crippen LogP contribution in [0.25, 0.3) is 0 Å². The van der Waals surface area contributed by atoms with Crippen LogP contribution in [-0.4, -0.2) is 37.6 Å². The van der Waals surface area contributed by atoms with Gasteiger partial charge in [-0.1, -0.05) is 19.9 Å². The Labute approximate surface area is 89.4 Å². The van der Waals surface area contributed by atoms with E-state index in [0.29, 0.717) is 0 Å². The molecule has 0 bridgehead atoms. The molecule has 0 atom stereocenters. The van der Waals surface area contributed by atoms with Crippen LogP contribution in [0.15, 0.2) is 12.7 Å². The van der Waals surface area contributed by atoms with Crippen molar-refractivity contribution in [3.63, 3.8) is 0 Å². The number of unbranched alkanes of at least 4 members (excludes halogenated alkanes) is 1. The van der Waals surface area contributed by atoms with E-state index in [-0.39, 0.29) is 0 Å². The smallest absolute Gasteiger partial charge is 0.0160 e. The van der Waals surface area contributed by atoms with Crippen molar-refractivity contribution in [2.45, 2.75) is 33.1 Å². The summed E-state index contributed by atoms with van der Waals surface area (Å²) in [6, 6.07) is 0. The molecule has 0 saturated carbocycles. The standard InChI is InChI=1S/C12H26N2/c1-4-9-13-10-7-8-12-14(6-3)11-5-2/h5,13H,2,4,6-12H2,1,3H3. The van der Waals surface area contributed by atoms with Gasteiger partial charge in [0.1, 0.15) is 0 Å². The third kappa shape index (κ3) is 8.27. The third-order valence-electron chi connectivity index (χ3n) is 2.34. The summed E-state index contributed by atoms with van der Waals surface area (Å²) in [5.74, 6) is 0. The molecule has 0 aromatic carbocycles. The number of likely N-dealkylation sites (N-methyl/N-ethyl adjacent to an activating group) is 1. The molecule has 2 nitrogen and oxygen atoms in total. The van der Waals surface area contributed by atoms with Crippen LogP contribution in [-0.2, 0) is 0 Å². The zero-order valence-corrected chi connectivity index (χ0v) is 9.89. The second-order valence-electron chi connectivity index (χ2n) is 3.64. The molecule has 0 aliphatic heterocycles. The highest BCUT2D eigenvalue weighted by atomic mass is 15.1. The Balaban J connectivity index is 3.19. The zero-order valence-electron chi connectivity index (χ0n) is 9.89.